The molecule has 0 aromatic carbocycles. The molecule has 3 nitrogen and oxygen atoms in total. The Hall–Kier alpha value is -1.09. The Kier molecular flexibility index (Phi) is 2.19. The average molecular weight is 177 g/mol. The predicted molar refractivity (Wildman–Crippen MR) is 52.5 cm³/mol. The third kappa shape index (κ3) is 1.52. The lowest BCUT2D eigenvalue weighted by Gasteiger charge is -2.42. The molecule has 0 aliphatic carbocycles. The first kappa shape index (κ1) is 8.51. The Morgan fingerprint density at radius 2 is 2.38 bits per heavy atom. The first-order valence-corrected chi connectivity index (χ1v) is 4.67. The van der Waals surface area contributed by atoms with Crippen LogP contribution in [0.25, 0.3) is 0 Å². The van der Waals surface area contributed by atoms with Crippen LogP contribution < -0.4 is 0 Å². The van der Waals surface area contributed by atoms with Gasteiger partial charge in [-0.3, -0.25) is 9.58 Å². The zero-order valence-electron chi connectivity index (χ0n) is 7.93. The fraction of sp³-hybridized carbons (Fsp3) is 0.500. The van der Waals surface area contributed by atoms with Gasteiger partial charge in [0, 0.05) is 31.5 Å². The normalized spacial score (nSPS) is 21.0. The van der Waals surface area contributed by atoms with E-state index in [-0.39, 0.29) is 0 Å². The summed E-state index contributed by atoms with van der Waals surface area (Å²) in [5.41, 5.74) is 0. The van der Waals surface area contributed by atoms with Crippen LogP contribution in [0.1, 0.15) is 13.0 Å². The quantitative estimate of drug-likeness (QED) is 0.649. The Labute approximate surface area is 78.7 Å². The summed E-state index contributed by atoms with van der Waals surface area (Å²) in [7, 11) is 0. The van der Waals surface area contributed by atoms with Crippen LogP contribution in [0.2, 0.25) is 0 Å². The molecule has 1 aliphatic rings. The fourth-order valence-electron chi connectivity index (χ4n) is 1.63. The highest BCUT2D eigenvalue weighted by molar-refractivity contribution is 4.95. The van der Waals surface area contributed by atoms with Gasteiger partial charge in [-0.15, -0.1) is 6.58 Å². The van der Waals surface area contributed by atoms with Crippen molar-refractivity contribution in [1.29, 1.82) is 0 Å². The standard InChI is InChI=1S/C10H15N3/c1-3-9(2)12-7-10(8-12)13-6-4-5-11-13/h3-6,9-10H,1,7-8H2,2H3. The molecule has 1 fully saturated rings. The lowest BCUT2D eigenvalue weighted by molar-refractivity contribution is 0.0783. The van der Waals surface area contributed by atoms with E-state index in [0.29, 0.717) is 12.1 Å². The minimum Gasteiger partial charge on any atom is -0.293 e. The molecule has 70 valence electrons. The van der Waals surface area contributed by atoms with Crippen molar-refractivity contribution < 1.29 is 0 Å². The van der Waals surface area contributed by atoms with Crippen LogP contribution in [0, 0.1) is 0 Å². The summed E-state index contributed by atoms with van der Waals surface area (Å²) >= 11 is 0. The molecule has 0 saturated carbocycles. The van der Waals surface area contributed by atoms with Crippen molar-refractivity contribution >= 4 is 0 Å². The number of nitrogens with zero attached hydrogens (tertiary/aromatic N) is 3. The molecule has 2 rings (SSSR count). The molecule has 0 spiro atoms. The van der Waals surface area contributed by atoms with Gasteiger partial charge < -0.3 is 0 Å². The van der Waals surface area contributed by atoms with Crippen LogP contribution in [-0.2, 0) is 0 Å². The summed E-state index contributed by atoms with van der Waals surface area (Å²) in [6.45, 7) is 8.14. The van der Waals surface area contributed by atoms with Crippen LogP contribution in [0.4, 0.5) is 0 Å². The average Bonchev–Trinajstić information content (AvgIpc) is 2.54. The van der Waals surface area contributed by atoms with Crippen molar-refractivity contribution in [3.05, 3.63) is 31.1 Å². The van der Waals surface area contributed by atoms with E-state index in [0.717, 1.165) is 13.1 Å². The van der Waals surface area contributed by atoms with Crippen molar-refractivity contribution in [3.63, 3.8) is 0 Å². The molecule has 0 amide bonds. The molecule has 1 atom stereocenters. The molecule has 1 aromatic heterocycles. The second-order valence-corrected chi connectivity index (χ2v) is 3.57. The van der Waals surface area contributed by atoms with Crippen LogP contribution in [-0.4, -0.2) is 33.8 Å². The Morgan fingerprint density at radius 1 is 1.62 bits per heavy atom. The summed E-state index contributed by atoms with van der Waals surface area (Å²) in [5.74, 6) is 0. The summed E-state index contributed by atoms with van der Waals surface area (Å²) < 4.78 is 2.03. The van der Waals surface area contributed by atoms with Crippen molar-refractivity contribution in [2.24, 2.45) is 0 Å². The van der Waals surface area contributed by atoms with Crippen LogP contribution in [0.3, 0.4) is 0 Å². The first-order valence-electron chi connectivity index (χ1n) is 4.67. The molecular weight excluding hydrogens is 162 g/mol. The second-order valence-electron chi connectivity index (χ2n) is 3.57. The number of hydrogen-bond donors (Lipinski definition) is 0. The Balaban J connectivity index is 1.88. The molecule has 1 aliphatic heterocycles. The van der Waals surface area contributed by atoms with Gasteiger partial charge in [0.25, 0.3) is 0 Å². The zero-order chi connectivity index (χ0) is 9.26. The van der Waals surface area contributed by atoms with Crippen molar-refractivity contribution in [2.45, 2.75) is 19.0 Å². The highest BCUT2D eigenvalue weighted by Gasteiger charge is 2.30. The van der Waals surface area contributed by atoms with Gasteiger partial charge in [0.05, 0.1) is 6.04 Å². The van der Waals surface area contributed by atoms with E-state index >= 15 is 0 Å². The highest BCUT2D eigenvalue weighted by atomic mass is 15.4. The van der Waals surface area contributed by atoms with E-state index in [2.05, 4.69) is 23.5 Å². The number of rotatable bonds is 3. The largest absolute Gasteiger partial charge is 0.293 e. The third-order valence-corrected chi connectivity index (χ3v) is 2.71. The number of hydrogen-bond acceptors (Lipinski definition) is 2. The van der Waals surface area contributed by atoms with Gasteiger partial charge in [-0.2, -0.15) is 5.10 Å². The van der Waals surface area contributed by atoms with Gasteiger partial charge in [0.2, 0.25) is 0 Å². The lowest BCUT2D eigenvalue weighted by atomic mass is 10.1. The van der Waals surface area contributed by atoms with Gasteiger partial charge >= 0.3 is 0 Å². The first-order chi connectivity index (χ1) is 6.31. The molecular formula is C10H15N3. The van der Waals surface area contributed by atoms with Crippen LogP contribution in [0.5, 0.6) is 0 Å². The highest BCUT2D eigenvalue weighted by Crippen LogP contribution is 2.22. The molecule has 0 radical (unpaired) electrons. The van der Waals surface area contributed by atoms with E-state index in [9.17, 15) is 0 Å². The van der Waals surface area contributed by atoms with Crippen molar-refractivity contribution in [2.75, 3.05) is 13.1 Å². The van der Waals surface area contributed by atoms with E-state index in [1.165, 1.54) is 0 Å². The summed E-state index contributed by atoms with van der Waals surface area (Å²) in [6.07, 6.45) is 5.85. The predicted octanol–water partition coefficient (Wildman–Crippen LogP) is 1.31. The van der Waals surface area contributed by atoms with Gasteiger partial charge in [-0.05, 0) is 13.0 Å². The van der Waals surface area contributed by atoms with E-state index in [4.69, 9.17) is 0 Å². The molecule has 1 saturated heterocycles. The monoisotopic (exact) mass is 177 g/mol. The van der Waals surface area contributed by atoms with Crippen LogP contribution >= 0.6 is 0 Å². The maximum Gasteiger partial charge on any atom is 0.0773 e. The van der Waals surface area contributed by atoms with E-state index in [1.54, 1.807) is 0 Å². The zero-order valence-corrected chi connectivity index (χ0v) is 7.93. The van der Waals surface area contributed by atoms with Crippen molar-refractivity contribution in [1.82, 2.24) is 14.7 Å². The van der Waals surface area contributed by atoms with Gasteiger partial charge in [0.15, 0.2) is 0 Å². The van der Waals surface area contributed by atoms with Crippen LogP contribution in [0.15, 0.2) is 31.1 Å². The number of aromatic nitrogens is 2. The molecule has 1 aromatic rings. The Bertz CT molecular complexity index is 272. The van der Waals surface area contributed by atoms with E-state index in [1.807, 2.05) is 29.2 Å². The van der Waals surface area contributed by atoms with Gasteiger partial charge in [-0.1, -0.05) is 6.08 Å². The molecule has 13 heavy (non-hydrogen) atoms. The van der Waals surface area contributed by atoms with Gasteiger partial charge in [0.1, 0.15) is 0 Å². The lowest BCUT2D eigenvalue weighted by Crippen LogP contribution is -2.51. The third-order valence-electron chi connectivity index (χ3n) is 2.71. The number of likely N-dealkylation sites (tertiary alicyclic amines) is 1. The second kappa shape index (κ2) is 3.34. The van der Waals surface area contributed by atoms with E-state index < -0.39 is 0 Å². The van der Waals surface area contributed by atoms with Gasteiger partial charge in [-0.25, -0.2) is 0 Å². The molecule has 1 unspecified atom stereocenters. The molecule has 0 N–H and O–H groups in total. The summed E-state index contributed by atoms with van der Waals surface area (Å²) in [4.78, 5) is 2.39. The minimum atomic E-state index is 0.492. The Morgan fingerprint density at radius 3 is 2.92 bits per heavy atom. The summed E-state index contributed by atoms with van der Waals surface area (Å²) in [6, 6.07) is 3.03. The molecule has 2 heterocycles. The minimum absolute atomic E-state index is 0.492. The fourth-order valence-corrected chi connectivity index (χ4v) is 1.63. The summed E-state index contributed by atoms with van der Waals surface area (Å²) in [5, 5.41) is 4.22. The maximum atomic E-state index is 4.22. The SMILES string of the molecule is C=CC(C)N1CC(n2cccn2)C1. The molecule has 3 heteroatoms. The van der Waals surface area contributed by atoms with Crippen molar-refractivity contribution in [3.8, 4) is 0 Å². The maximum absolute atomic E-state index is 4.22. The molecule has 0 bridgehead atoms. The topological polar surface area (TPSA) is 21.1 Å². The smallest absolute Gasteiger partial charge is 0.0773 e.